The molecule has 0 aliphatic rings. The number of hydrogen-bond acceptors (Lipinski definition) is 2. The highest BCUT2D eigenvalue weighted by atomic mass is 16.1. The molecule has 3 nitrogen and oxygen atoms in total. The average molecular weight is 304 g/mol. The van der Waals surface area contributed by atoms with Crippen LogP contribution in [0.2, 0.25) is 0 Å². The molecule has 23 heavy (non-hydrogen) atoms. The number of rotatable bonds is 5. The van der Waals surface area contributed by atoms with Gasteiger partial charge in [-0.2, -0.15) is 0 Å². The van der Waals surface area contributed by atoms with Crippen LogP contribution in [0.25, 0.3) is 10.8 Å². The fraction of sp³-hybridized carbons (Fsp3) is 0.150. The van der Waals surface area contributed by atoms with Gasteiger partial charge in [-0.25, -0.2) is 0 Å². The molecule has 0 saturated carbocycles. The van der Waals surface area contributed by atoms with Gasteiger partial charge in [-0.15, -0.1) is 0 Å². The molecule has 0 bridgehead atoms. The fourth-order valence-electron chi connectivity index (χ4n) is 2.63. The Morgan fingerprint density at radius 2 is 1.61 bits per heavy atom. The van der Waals surface area contributed by atoms with E-state index in [1.54, 1.807) is 0 Å². The van der Waals surface area contributed by atoms with E-state index in [1.807, 2.05) is 60.7 Å². The van der Waals surface area contributed by atoms with Crippen molar-refractivity contribution in [2.45, 2.75) is 13.0 Å². The number of amides is 1. The maximum Gasteiger partial charge on any atom is 0.238 e. The van der Waals surface area contributed by atoms with Gasteiger partial charge < -0.3 is 10.6 Å². The predicted molar refractivity (Wildman–Crippen MR) is 95.4 cm³/mol. The second-order valence-electron chi connectivity index (χ2n) is 5.59. The first-order chi connectivity index (χ1) is 11.2. The maximum absolute atomic E-state index is 12.2. The fourth-order valence-corrected chi connectivity index (χ4v) is 2.63. The molecule has 3 aromatic carbocycles. The molecule has 0 radical (unpaired) electrons. The molecule has 1 atom stereocenters. The van der Waals surface area contributed by atoms with E-state index in [4.69, 9.17) is 0 Å². The maximum atomic E-state index is 12.2. The van der Waals surface area contributed by atoms with Crippen molar-refractivity contribution in [2.24, 2.45) is 0 Å². The van der Waals surface area contributed by atoms with Gasteiger partial charge in [0.05, 0.1) is 6.54 Å². The molecule has 3 rings (SSSR count). The quantitative estimate of drug-likeness (QED) is 0.744. The summed E-state index contributed by atoms with van der Waals surface area (Å²) in [7, 11) is 0. The molecule has 0 spiro atoms. The third kappa shape index (κ3) is 3.76. The van der Waals surface area contributed by atoms with Gasteiger partial charge in [-0.3, -0.25) is 4.79 Å². The van der Waals surface area contributed by atoms with Crippen molar-refractivity contribution in [1.29, 1.82) is 0 Å². The summed E-state index contributed by atoms with van der Waals surface area (Å²) in [4.78, 5) is 12.2. The van der Waals surface area contributed by atoms with Crippen LogP contribution < -0.4 is 10.6 Å². The normalized spacial score (nSPS) is 12.0. The predicted octanol–water partition coefficient (Wildman–Crippen LogP) is 4.13. The third-order valence-corrected chi connectivity index (χ3v) is 3.93. The van der Waals surface area contributed by atoms with Crippen molar-refractivity contribution < 1.29 is 4.79 Å². The molecule has 0 saturated heterocycles. The number of benzene rings is 3. The lowest BCUT2D eigenvalue weighted by Gasteiger charge is -2.14. The lowest BCUT2D eigenvalue weighted by atomic mass is 10.1. The van der Waals surface area contributed by atoms with E-state index in [-0.39, 0.29) is 18.5 Å². The van der Waals surface area contributed by atoms with E-state index in [0.717, 1.165) is 16.5 Å². The highest BCUT2D eigenvalue weighted by Gasteiger charge is 2.08. The van der Waals surface area contributed by atoms with Crippen LogP contribution >= 0.6 is 0 Å². The van der Waals surface area contributed by atoms with Crippen LogP contribution in [0.4, 0.5) is 5.69 Å². The summed E-state index contributed by atoms with van der Waals surface area (Å²) in [5.41, 5.74) is 2.02. The third-order valence-electron chi connectivity index (χ3n) is 3.93. The number of hydrogen-bond donors (Lipinski definition) is 2. The molecule has 1 amide bonds. The SMILES string of the molecule is C[C@@H](NCC(=O)Nc1cccc2ccccc12)c1ccccc1. The van der Waals surface area contributed by atoms with E-state index >= 15 is 0 Å². The zero-order valence-corrected chi connectivity index (χ0v) is 13.1. The first-order valence-electron chi connectivity index (χ1n) is 7.80. The lowest BCUT2D eigenvalue weighted by molar-refractivity contribution is -0.115. The highest BCUT2D eigenvalue weighted by Crippen LogP contribution is 2.22. The highest BCUT2D eigenvalue weighted by molar-refractivity contribution is 6.02. The summed E-state index contributed by atoms with van der Waals surface area (Å²) >= 11 is 0. The van der Waals surface area contributed by atoms with Gasteiger partial charge in [0, 0.05) is 17.1 Å². The van der Waals surface area contributed by atoms with Crippen LogP contribution in [0.3, 0.4) is 0 Å². The molecular weight excluding hydrogens is 284 g/mol. The summed E-state index contributed by atoms with van der Waals surface area (Å²) in [6.45, 7) is 2.33. The van der Waals surface area contributed by atoms with Crippen LogP contribution in [0.5, 0.6) is 0 Å². The monoisotopic (exact) mass is 304 g/mol. The summed E-state index contributed by atoms with van der Waals surface area (Å²) in [5.74, 6) is -0.0378. The van der Waals surface area contributed by atoms with Gasteiger partial charge in [-0.1, -0.05) is 66.7 Å². The number of carbonyl (C=O) groups excluding carboxylic acids is 1. The van der Waals surface area contributed by atoms with Crippen molar-refractivity contribution in [3.8, 4) is 0 Å². The Balaban J connectivity index is 1.63. The minimum atomic E-state index is -0.0378. The smallest absolute Gasteiger partial charge is 0.238 e. The largest absolute Gasteiger partial charge is 0.324 e. The van der Waals surface area contributed by atoms with E-state index in [0.29, 0.717) is 0 Å². The van der Waals surface area contributed by atoms with E-state index in [2.05, 4.69) is 29.7 Å². The van der Waals surface area contributed by atoms with Crippen molar-refractivity contribution >= 4 is 22.4 Å². The molecule has 0 aromatic heterocycles. The summed E-state index contributed by atoms with van der Waals surface area (Å²) < 4.78 is 0. The van der Waals surface area contributed by atoms with Gasteiger partial charge in [0.1, 0.15) is 0 Å². The van der Waals surface area contributed by atoms with Gasteiger partial charge >= 0.3 is 0 Å². The molecule has 0 unspecified atom stereocenters. The zero-order valence-electron chi connectivity index (χ0n) is 13.1. The Morgan fingerprint density at radius 1 is 0.913 bits per heavy atom. The van der Waals surface area contributed by atoms with Crippen molar-refractivity contribution in [3.63, 3.8) is 0 Å². The minimum absolute atomic E-state index is 0.0378. The summed E-state index contributed by atoms with van der Waals surface area (Å²) in [6.07, 6.45) is 0. The molecule has 0 heterocycles. The van der Waals surface area contributed by atoms with Crippen LogP contribution in [0.15, 0.2) is 72.8 Å². The van der Waals surface area contributed by atoms with Crippen LogP contribution in [0, 0.1) is 0 Å². The number of nitrogens with one attached hydrogen (secondary N) is 2. The van der Waals surface area contributed by atoms with Crippen LogP contribution in [-0.2, 0) is 4.79 Å². The average Bonchev–Trinajstić information content (AvgIpc) is 2.61. The molecule has 0 aliphatic carbocycles. The van der Waals surface area contributed by atoms with E-state index in [9.17, 15) is 4.79 Å². The Morgan fingerprint density at radius 3 is 2.43 bits per heavy atom. The molecule has 3 aromatic rings. The number of anilines is 1. The molecule has 0 aliphatic heterocycles. The first kappa shape index (κ1) is 15.3. The van der Waals surface area contributed by atoms with Gasteiger partial charge in [0.2, 0.25) is 5.91 Å². The topological polar surface area (TPSA) is 41.1 Å². The van der Waals surface area contributed by atoms with Crippen molar-refractivity contribution in [1.82, 2.24) is 5.32 Å². The van der Waals surface area contributed by atoms with Gasteiger partial charge in [0.25, 0.3) is 0 Å². The first-order valence-corrected chi connectivity index (χ1v) is 7.80. The van der Waals surface area contributed by atoms with Crippen molar-refractivity contribution in [3.05, 3.63) is 78.4 Å². The Kier molecular flexibility index (Phi) is 4.69. The molecule has 116 valence electrons. The lowest BCUT2D eigenvalue weighted by Crippen LogP contribution is -2.30. The standard InChI is InChI=1S/C20H20N2O/c1-15(16-8-3-2-4-9-16)21-14-20(23)22-19-13-7-11-17-10-5-6-12-18(17)19/h2-13,15,21H,14H2,1H3,(H,22,23)/t15-/m1/s1. The number of fused-ring (bicyclic) bond motifs is 1. The van der Waals surface area contributed by atoms with Gasteiger partial charge in [-0.05, 0) is 23.9 Å². The Bertz CT molecular complexity index is 794. The number of carbonyl (C=O) groups is 1. The Hall–Kier alpha value is -2.65. The van der Waals surface area contributed by atoms with E-state index in [1.165, 1.54) is 5.56 Å². The minimum Gasteiger partial charge on any atom is -0.324 e. The summed E-state index contributed by atoms with van der Waals surface area (Å²) in [5, 5.41) is 8.42. The van der Waals surface area contributed by atoms with Crippen LogP contribution in [0.1, 0.15) is 18.5 Å². The molecule has 2 N–H and O–H groups in total. The molecule has 0 fully saturated rings. The zero-order chi connectivity index (χ0) is 16.1. The second kappa shape index (κ2) is 7.07. The molecular formula is C20H20N2O. The molecule has 3 heteroatoms. The second-order valence-corrected chi connectivity index (χ2v) is 5.59. The van der Waals surface area contributed by atoms with Crippen LogP contribution in [-0.4, -0.2) is 12.5 Å². The van der Waals surface area contributed by atoms with Gasteiger partial charge in [0.15, 0.2) is 0 Å². The van der Waals surface area contributed by atoms with E-state index < -0.39 is 0 Å². The van der Waals surface area contributed by atoms with Crippen molar-refractivity contribution in [2.75, 3.05) is 11.9 Å². The summed E-state index contributed by atoms with van der Waals surface area (Å²) in [6, 6.07) is 24.2. The Labute approximate surface area is 136 Å².